The summed E-state index contributed by atoms with van der Waals surface area (Å²) in [6, 6.07) is 1.95. The topological polar surface area (TPSA) is 89.0 Å². The molecule has 0 aliphatic rings. The van der Waals surface area contributed by atoms with Gasteiger partial charge in [-0.3, -0.25) is 14.3 Å². The van der Waals surface area contributed by atoms with Crippen LogP contribution in [-0.2, 0) is 18.3 Å². The molecule has 0 spiro atoms. The number of carbonyl (C=O) groups is 1. The number of rotatable bonds is 5. The number of halogens is 2. The Kier molecular flexibility index (Phi) is 5.17. The van der Waals surface area contributed by atoms with E-state index in [1.807, 2.05) is 13.8 Å². The molecule has 0 unspecified atom stereocenters. The van der Waals surface area contributed by atoms with Crippen LogP contribution in [0.2, 0.25) is 0 Å². The largest absolute Gasteiger partial charge is 0.491 e. The lowest BCUT2D eigenvalue weighted by molar-refractivity contribution is -0.116. The second-order valence-corrected chi connectivity index (χ2v) is 6.51. The van der Waals surface area contributed by atoms with Gasteiger partial charge in [0.1, 0.15) is 5.65 Å². The summed E-state index contributed by atoms with van der Waals surface area (Å²) in [5, 5.41) is 7.58. The van der Waals surface area contributed by atoms with Crippen molar-refractivity contribution in [1.29, 1.82) is 0 Å². The highest BCUT2D eigenvalue weighted by Gasteiger charge is 2.17. The van der Waals surface area contributed by atoms with Crippen LogP contribution in [0.25, 0.3) is 11.0 Å². The lowest BCUT2D eigenvalue weighted by Gasteiger charge is -2.10. The van der Waals surface area contributed by atoms with Crippen LogP contribution in [0, 0.1) is 25.5 Å². The number of nitrogens with one attached hydrogen (secondary N) is 2. The number of aromatic amines is 1. The zero-order valence-corrected chi connectivity index (χ0v) is 15.9. The number of hydrogen-bond acceptors (Lipinski definition) is 4. The maximum Gasteiger partial charge on any atom is 0.253 e. The molecule has 148 valence electrons. The van der Waals surface area contributed by atoms with Crippen LogP contribution in [0.3, 0.4) is 0 Å². The number of pyridine rings is 1. The zero-order valence-electron chi connectivity index (χ0n) is 15.9. The van der Waals surface area contributed by atoms with Crippen molar-refractivity contribution in [3.63, 3.8) is 0 Å². The number of aromatic nitrogens is 3. The van der Waals surface area contributed by atoms with Gasteiger partial charge in [0.25, 0.3) is 5.56 Å². The van der Waals surface area contributed by atoms with E-state index < -0.39 is 23.3 Å². The zero-order chi connectivity index (χ0) is 20.6. The fourth-order valence-corrected chi connectivity index (χ4v) is 3.34. The third-order valence-electron chi connectivity index (χ3n) is 4.64. The third-order valence-corrected chi connectivity index (χ3v) is 4.64. The highest BCUT2D eigenvalue weighted by molar-refractivity contribution is 5.91. The molecule has 7 nitrogen and oxygen atoms in total. The first kappa shape index (κ1) is 19.5. The Morgan fingerprint density at radius 3 is 2.54 bits per heavy atom. The summed E-state index contributed by atoms with van der Waals surface area (Å²) in [5.41, 5.74) is 2.33. The summed E-state index contributed by atoms with van der Waals surface area (Å²) < 4.78 is 33.7. The first-order valence-electron chi connectivity index (χ1n) is 8.60. The maximum absolute atomic E-state index is 13.7. The van der Waals surface area contributed by atoms with Crippen molar-refractivity contribution >= 4 is 22.6 Å². The summed E-state index contributed by atoms with van der Waals surface area (Å²) in [4.78, 5) is 27.4. The highest BCUT2D eigenvalue weighted by Crippen LogP contribution is 2.25. The number of fused-ring (bicyclic) bond motifs is 1. The van der Waals surface area contributed by atoms with E-state index in [2.05, 4.69) is 20.1 Å². The van der Waals surface area contributed by atoms with E-state index in [1.54, 1.807) is 11.7 Å². The summed E-state index contributed by atoms with van der Waals surface area (Å²) in [6.07, 6.45) is 0.155. The Bertz CT molecular complexity index is 1110. The SMILES string of the molecule is COc1c(F)cc(NC(=O)CCc2c(C)c3c(C)nn(C)c3[nH]c2=O)cc1F. The molecular weight excluding hydrogens is 370 g/mol. The summed E-state index contributed by atoms with van der Waals surface area (Å²) in [5.74, 6) is -2.81. The van der Waals surface area contributed by atoms with Gasteiger partial charge < -0.3 is 15.0 Å². The van der Waals surface area contributed by atoms with E-state index in [4.69, 9.17) is 0 Å². The predicted molar refractivity (Wildman–Crippen MR) is 101 cm³/mol. The van der Waals surface area contributed by atoms with E-state index in [0.717, 1.165) is 35.9 Å². The molecule has 3 rings (SSSR count). The van der Waals surface area contributed by atoms with E-state index >= 15 is 0 Å². The molecule has 0 bridgehead atoms. The van der Waals surface area contributed by atoms with Crippen LogP contribution in [0.15, 0.2) is 16.9 Å². The van der Waals surface area contributed by atoms with E-state index in [9.17, 15) is 18.4 Å². The number of methoxy groups -OCH3 is 1. The molecule has 1 aromatic carbocycles. The smallest absolute Gasteiger partial charge is 0.253 e. The standard InChI is InChI=1S/C19H20F2N4O3/c1-9-12(19(27)23-18-16(9)10(2)24-25(18)3)5-6-15(26)22-11-7-13(20)17(28-4)14(21)8-11/h7-8H,5-6H2,1-4H3,(H,22,26)(H,23,27). The van der Waals surface area contributed by atoms with Gasteiger partial charge in [-0.15, -0.1) is 0 Å². The predicted octanol–water partition coefficient (Wildman–Crippen LogP) is 2.74. The van der Waals surface area contributed by atoms with Gasteiger partial charge >= 0.3 is 0 Å². The van der Waals surface area contributed by atoms with Gasteiger partial charge in [0.05, 0.1) is 12.8 Å². The van der Waals surface area contributed by atoms with Crippen molar-refractivity contribution in [3.8, 4) is 5.75 Å². The molecule has 2 aromatic heterocycles. The minimum atomic E-state index is -0.914. The molecular formula is C19H20F2N4O3. The molecule has 0 saturated heterocycles. The Morgan fingerprint density at radius 2 is 1.93 bits per heavy atom. The molecule has 9 heteroatoms. The van der Waals surface area contributed by atoms with Gasteiger partial charge in [-0.25, -0.2) is 8.78 Å². The molecule has 28 heavy (non-hydrogen) atoms. The second kappa shape index (κ2) is 7.41. The van der Waals surface area contributed by atoms with Crippen LogP contribution >= 0.6 is 0 Å². The van der Waals surface area contributed by atoms with Gasteiger partial charge in [0.15, 0.2) is 17.4 Å². The molecule has 3 aromatic rings. The van der Waals surface area contributed by atoms with Crippen molar-refractivity contribution in [3.05, 3.63) is 50.9 Å². The third kappa shape index (κ3) is 3.47. The number of ether oxygens (including phenoxy) is 1. The summed E-state index contributed by atoms with van der Waals surface area (Å²) in [6.45, 7) is 3.66. The normalized spacial score (nSPS) is 11.1. The molecule has 0 aliphatic carbocycles. The number of nitrogens with zero attached hydrogens (tertiary/aromatic N) is 2. The molecule has 0 radical (unpaired) electrons. The number of aryl methyl sites for hydroxylation is 3. The van der Waals surface area contributed by atoms with Crippen LogP contribution in [0.5, 0.6) is 5.75 Å². The number of anilines is 1. The number of amides is 1. The fraction of sp³-hybridized carbons (Fsp3) is 0.316. The number of H-pyrrole nitrogens is 1. The van der Waals surface area contributed by atoms with Crippen LogP contribution in [-0.4, -0.2) is 27.8 Å². The first-order valence-corrected chi connectivity index (χ1v) is 8.60. The van der Waals surface area contributed by atoms with Crippen molar-refractivity contribution in [2.24, 2.45) is 7.05 Å². The number of carbonyl (C=O) groups excluding carboxylic acids is 1. The Balaban J connectivity index is 1.78. The van der Waals surface area contributed by atoms with E-state index in [-0.39, 0.29) is 24.1 Å². The van der Waals surface area contributed by atoms with E-state index in [0.29, 0.717) is 11.2 Å². The lowest BCUT2D eigenvalue weighted by Crippen LogP contribution is -2.19. The van der Waals surface area contributed by atoms with Crippen LogP contribution < -0.4 is 15.6 Å². The van der Waals surface area contributed by atoms with Gasteiger partial charge in [-0.05, 0) is 25.8 Å². The molecule has 0 fully saturated rings. The molecule has 0 atom stereocenters. The first-order chi connectivity index (χ1) is 13.2. The van der Waals surface area contributed by atoms with Crippen molar-refractivity contribution in [2.45, 2.75) is 26.7 Å². The van der Waals surface area contributed by atoms with Gasteiger partial charge in [-0.1, -0.05) is 0 Å². The lowest BCUT2D eigenvalue weighted by atomic mass is 10.0. The summed E-state index contributed by atoms with van der Waals surface area (Å²) in [7, 11) is 2.89. The van der Waals surface area contributed by atoms with E-state index in [1.165, 1.54) is 0 Å². The Labute approximate surface area is 159 Å². The molecule has 1 amide bonds. The van der Waals surface area contributed by atoms with Crippen molar-refractivity contribution in [2.75, 3.05) is 12.4 Å². The molecule has 2 heterocycles. The minimum Gasteiger partial charge on any atom is -0.491 e. The van der Waals surface area contributed by atoms with Crippen molar-refractivity contribution in [1.82, 2.24) is 14.8 Å². The monoisotopic (exact) mass is 390 g/mol. The average molecular weight is 390 g/mol. The fourth-order valence-electron chi connectivity index (χ4n) is 3.34. The Morgan fingerprint density at radius 1 is 1.29 bits per heavy atom. The van der Waals surface area contributed by atoms with Gasteiger partial charge in [-0.2, -0.15) is 5.10 Å². The number of hydrogen-bond donors (Lipinski definition) is 2. The second-order valence-electron chi connectivity index (χ2n) is 6.51. The average Bonchev–Trinajstić information content (AvgIpc) is 2.88. The van der Waals surface area contributed by atoms with Crippen molar-refractivity contribution < 1.29 is 18.3 Å². The quantitative estimate of drug-likeness (QED) is 0.701. The van der Waals surface area contributed by atoms with Crippen LogP contribution in [0.1, 0.15) is 23.2 Å². The summed E-state index contributed by atoms with van der Waals surface area (Å²) >= 11 is 0. The Hall–Kier alpha value is -3.23. The van der Waals surface area contributed by atoms with Gasteiger partial charge in [0.2, 0.25) is 5.91 Å². The van der Waals surface area contributed by atoms with Crippen LogP contribution in [0.4, 0.5) is 14.5 Å². The minimum absolute atomic E-state index is 0.0232. The van der Waals surface area contributed by atoms with Gasteiger partial charge in [0, 0.05) is 42.2 Å². The molecule has 2 N–H and O–H groups in total. The maximum atomic E-state index is 13.7. The number of benzene rings is 1. The molecule has 0 aliphatic heterocycles. The molecule has 0 saturated carbocycles. The highest BCUT2D eigenvalue weighted by atomic mass is 19.1.